The van der Waals surface area contributed by atoms with Gasteiger partial charge >= 0.3 is 5.97 Å². The third kappa shape index (κ3) is 1.26. The van der Waals surface area contributed by atoms with Crippen LogP contribution in [0.3, 0.4) is 0 Å². The first-order valence-electron chi connectivity index (χ1n) is 10.2. The minimum absolute atomic E-state index is 0.000817. The zero-order valence-corrected chi connectivity index (χ0v) is 15.7. The molecule has 3 aliphatic carbocycles. The van der Waals surface area contributed by atoms with Crippen LogP contribution in [0.15, 0.2) is 12.2 Å². The fourth-order valence-electron chi connectivity index (χ4n) is 8.49. The van der Waals surface area contributed by atoms with E-state index in [1.165, 1.54) is 0 Å². The molecule has 0 aromatic heterocycles. The second-order valence-corrected chi connectivity index (χ2v) is 10.3. The number of ketones is 1. The Kier molecular flexibility index (Phi) is 2.35. The zero-order chi connectivity index (χ0) is 18.6. The maximum Gasteiger partial charge on any atom is 0.320 e. The lowest BCUT2D eigenvalue weighted by Gasteiger charge is -2.69. The first-order valence-corrected chi connectivity index (χ1v) is 10.2. The second kappa shape index (κ2) is 4.05. The van der Waals surface area contributed by atoms with Gasteiger partial charge in [0.2, 0.25) is 0 Å². The van der Waals surface area contributed by atoms with Crippen molar-refractivity contribution < 1.29 is 28.5 Å². The van der Waals surface area contributed by atoms with Gasteiger partial charge in [-0.2, -0.15) is 0 Å². The molecule has 2 spiro atoms. The highest BCUT2D eigenvalue weighted by atomic mass is 16.8. The number of allylic oxidation sites excluding steroid dienone is 1. The fourth-order valence-corrected chi connectivity index (χ4v) is 8.49. The molecule has 0 aromatic rings. The van der Waals surface area contributed by atoms with E-state index in [4.69, 9.17) is 18.9 Å². The van der Waals surface area contributed by atoms with E-state index >= 15 is 0 Å². The summed E-state index contributed by atoms with van der Waals surface area (Å²) in [7, 11) is 0. The molecule has 7 rings (SSSR count). The third-order valence-corrected chi connectivity index (χ3v) is 9.72. The SMILES string of the molecule is C=C1C(=O)[C@@]23C[C@H]1C[C@H]1O[C@@H]4O[C@@]5(C)OC[C@]6([C@H](CC[C@]5(C)[C@@H]46)OC2=O)[C@H]13. The van der Waals surface area contributed by atoms with Gasteiger partial charge in [-0.1, -0.05) is 13.5 Å². The molecular weight excluding hydrogens is 348 g/mol. The van der Waals surface area contributed by atoms with Crippen molar-refractivity contribution in [1.29, 1.82) is 0 Å². The van der Waals surface area contributed by atoms with E-state index < -0.39 is 16.6 Å². The molecule has 7 aliphatic rings. The number of rotatable bonds is 0. The number of ether oxygens (including phenoxy) is 4. The molecule has 0 aromatic carbocycles. The lowest BCUT2D eigenvalue weighted by Crippen LogP contribution is -2.77. The highest BCUT2D eigenvalue weighted by molar-refractivity contribution is 6.15. The van der Waals surface area contributed by atoms with E-state index in [1.807, 2.05) is 6.92 Å². The van der Waals surface area contributed by atoms with Crippen LogP contribution in [0.4, 0.5) is 0 Å². The largest absolute Gasteiger partial charge is 0.461 e. The molecule has 7 fully saturated rings. The minimum Gasteiger partial charge on any atom is -0.461 e. The van der Waals surface area contributed by atoms with Crippen molar-refractivity contribution in [3.8, 4) is 0 Å². The van der Waals surface area contributed by atoms with Gasteiger partial charge in [0.15, 0.2) is 17.9 Å². The third-order valence-electron chi connectivity index (χ3n) is 9.72. The molecule has 0 unspecified atom stereocenters. The first-order chi connectivity index (χ1) is 12.8. The molecule has 10 atom stereocenters. The van der Waals surface area contributed by atoms with Crippen LogP contribution in [0, 0.1) is 34.0 Å². The van der Waals surface area contributed by atoms with Gasteiger partial charge < -0.3 is 18.9 Å². The molecule has 4 aliphatic heterocycles. The number of fused-ring (bicyclic) bond motifs is 1. The summed E-state index contributed by atoms with van der Waals surface area (Å²) in [6, 6.07) is 0. The van der Waals surface area contributed by atoms with Gasteiger partial charge in [-0.3, -0.25) is 9.59 Å². The maximum atomic E-state index is 13.4. The van der Waals surface area contributed by atoms with E-state index in [2.05, 4.69) is 13.5 Å². The number of carbonyl (C=O) groups is 2. The molecule has 0 radical (unpaired) electrons. The van der Waals surface area contributed by atoms with Gasteiger partial charge in [0.1, 0.15) is 11.5 Å². The van der Waals surface area contributed by atoms with Crippen molar-refractivity contribution >= 4 is 11.8 Å². The molecule has 6 bridgehead atoms. The molecule has 6 heteroatoms. The maximum absolute atomic E-state index is 13.4. The first kappa shape index (κ1) is 15.7. The monoisotopic (exact) mass is 372 g/mol. The Morgan fingerprint density at radius 2 is 2.00 bits per heavy atom. The quantitative estimate of drug-likeness (QED) is 0.368. The van der Waals surface area contributed by atoms with Crippen LogP contribution in [0.25, 0.3) is 0 Å². The molecule has 27 heavy (non-hydrogen) atoms. The Balaban J connectivity index is 1.52. The normalized spacial score (nSPS) is 64.6. The minimum atomic E-state index is -1.13. The summed E-state index contributed by atoms with van der Waals surface area (Å²) in [5, 5.41) is 0. The van der Waals surface area contributed by atoms with Crippen LogP contribution >= 0.6 is 0 Å². The number of Topliss-reactive ketones (excluding diaryl/α,β-unsaturated/α-hetero) is 1. The van der Waals surface area contributed by atoms with E-state index in [9.17, 15) is 9.59 Å². The van der Waals surface area contributed by atoms with Crippen molar-refractivity contribution in [3.63, 3.8) is 0 Å². The van der Waals surface area contributed by atoms with E-state index in [0.717, 1.165) is 19.3 Å². The van der Waals surface area contributed by atoms with Gasteiger partial charge in [0.05, 0.1) is 12.7 Å². The highest BCUT2D eigenvalue weighted by Gasteiger charge is 2.85. The van der Waals surface area contributed by atoms with Gasteiger partial charge in [0.25, 0.3) is 0 Å². The lowest BCUT2D eigenvalue weighted by molar-refractivity contribution is -0.348. The van der Waals surface area contributed by atoms with Crippen molar-refractivity contribution in [2.24, 2.45) is 34.0 Å². The smallest absolute Gasteiger partial charge is 0.320 e. The van der Waals surface area contributed by atoms with Crippen LogP contribution in [-0.4, -0.2) is 42.6 Å². The predicted molar refractivity (Wildman–Crippen MR) is 90.0 cm³/mol. The highest BCUT2D eigenvalue weighted by Crippen LogP contribution is 2.77. The molecule has 0 N–H and O–H groups in total. The zero-order valence-electron chi connectivity index (χ0n) is 15.7. The predicted octanol–water partition coefficient (Wildman–Crippen LogP) is 1.97. The second-order valence-electron chi connectivity index (χ2n) is 10.3. The topological polar surface area (TPSA) is 71.1 Å². The average Bonchev–Trinajstić information content (AvgIpc) is 2.92. The van der Waals surface area contributed by atoms with Crippen LogP contribution < -0.4 is 0 Å². The number of hydrogen-bond donors (Lipinski definition) is 0. The molecule has 4 heterocycles. The van der Waals surface area contributed by atoms with Crippen molar-refractivity contribution in [3.05, 3.63) is 12.2 Å². The van der Waals surface area contributed by atoms with Crippen molar-refractivity contribution in [2.75, 3.05) is 6.61 Å². The van der Waals surface area contributed by atoms with Gasteiger partial charge in [0, 0.05) is 22.7 Å². The van der Waals surface area contributed by atoms with Gasteiger partial charge in [-0.05, 0) is 44.1 Å². The summed E-state index contributed by atoms with van der Waals surface area (Å²) in [4.78, 5) is 26.6. The Hall–Kier alpha value is -1.24. The van der Waals surface area contributed by atoms with Crippen LogP contribution in [0.1, 0.15) is 39.5 Å². The summed E-state index contributed by atoms with van der Waals surface area (Å²) in [6.45, 7) is 8.76. The van der Waals surface area contributed by atoms with Gasteiger partial charge in [-0.25, -0.2) is 0 Å². The fraction of sp³-hybridized carbons (Fsp3) is 0.810. The van der Waals surface area contributed by atoms with E-state index in [0.29, 0.717) is 18.6 Å². The standard InChI is InChI=1S/C21H24O6/c1-9-10-6-11-13-20(7-10,15(9)22)17(23)26-12-4-5-18(2)14-16(25-11)27-19(18,3)24-8-21(12,13)14/h10-14,16H,1,4-8H2,2-3H3/t10-,11-,12+,13-,14-,16-,18-,19-,20+,21+/m1/s1. The Morgan fingerprint density at radius 1 is 1.19 bits per heavy atom. The van der Waals surface area contributed by atoms with Crippen molar-refractivity contribution in [1.82, 2.24) is 0 Å². The Labute approximate surface area is 157 Å². The van der Waals surface area contributed by atoms with Gasteiger partial charge in [-0.15, -0.1) is 0 Å². The summed E-state index contributed by atoms with van der Waals surface area (Å²) in [5.74, 6) is -1.27. The van der Waals surface area contributed by atoms with E-state index in [1.54, 1.807) is 0 Å². The molecule has 4 saturated heterocycles. The molecule has 6 nitrogen and oxygen atoms in total. The number of esters is 1. The molecule has 3 saturated carbocycles. The summed E-state index contributed by atoms with van der Waals surface area (Å²) in [6.07, 6.45) is 2.15. The van der Waals surface area contributed by atoms with Crippen molar-refractivity contribution in [2.45, 2.75) is 63.8 Å². The molecule has 144 valence electrons. The molecule has 0 amide bonds. The summed E-state index contributed by atoms with van der Waals surface area (Å²) >= 11 is 0. The van der Waals surface area contributed by atoms with Crippen LogP contribution in [0.2, 0.25) is 0 Å². The average molecular weight is 372 g/mol. The van der Waals surface area contributed by atoms with Crippen LogP contribution in [-0.2, 0) is 28.5 Å². The van der Waals surface area contributed by atoms with Crippen LogP contribution in [0.5, 0.6) is 0 Å². The lowest BCUT2D eigenvalue weighted by atomic mass is 9.40. The summed E-state index contributed by atoms with van der Waals surface area (Å²) < 4.78 is 25.4. The Morgan fingerprint density at radius 3 is 2.81 bits per heavy atom. The summed E-state index contributed by atoms with van der Waals surface area (Å²) in [5.41, 5.74) is -1.18. The molecular formula is C21H24O6. The van der Waals surface area contributed by atoms with E-state index in [-0.39, 0.29) is 53.4 Å². The number of carbonyl (C=O) groups excluding carboxylic acids is 2. The number of hydrogen-bond acceptors (Lipinski definition) is 6. The Bertz CT molecular complexity index is 852.